The van der Waals surface area contributed by atoms with E-state index in [2.05, 4.69) is 25.1 Å². The number of hydrogen-bond donors (Lipinski definition) is 2. The molecule has 2 aliphatic rings. The molecule has 3 N–H and O–H groups in total. The zero-order valence-corrected chi connectivity index (χ0v) is 13.6. The number of nitrogens with two attached hydrogens (primary N) is 1. The van der Waals surface area contributed by atoms with Gasteiger partial charge in [-0.05, 0) is 32.1 Å². The van der Waals surface area contributed by atoms with Gasteiger partial charge < -0.3 is 15.6 Å². The monoisotopic (exact) mass is 304 g/mol. The molecule has 1 aromatic rings. The molecule has 3 rings (SSSR count). The molecule has 6 heteroatoms. The molecule has 0 bridgehead atoms. The van der Waals surface area contributed by atoms with Crippen molar-refractivity contribution in [1.29, 1.82) is 0 Å². The Labute approximate surface area is 132 Å². The highest BCUT2D eigenvalue weighted by Crippen LogP contribution is 2.20. The molecule has 1 saturated carbocycles. The van der Waals surface area contributed by atoms with Gasteiger partial charge in [-0.1, -0.05) is 25.7 Å². The van der Waals surface area contributed by atoms with Crippen LogP contribution in [0.4, 0.5) is 0 Å². The van der Waals surface area contributed by atoms with E-state index < -0.39 is 0 Å². The maximum atomic E-state index is 6.08. The Morgan fingerprint density at radius 2 is 2.00 bits per heavy atom. The van der Waals surface area contributed by atoms with Crippen LogP contribution >= 0.6 is 0 Å². The van der Waals surface area contributed by atoms with E-state index >= 15 is 0 Å². The summed E-state index contributed by atoms with van der Waals surface area (Å²) in [6.45, 7) is 3.78. The van der Waals surface area contributed by atoms with Crippen LogP contribution in [0.5, 0.6) is 0 Å². The van der Waals surface area contributed by atoms with Gasteiger partial charge in [0.2, 0.25) is 0 Å². The third kappa shape index (κ3) is 3.78. The molecule has 0 amide bonds. The molecule has 0 saturated heterocycles. The smallest absolute Gasteiger partial charge is 0.188 e. The number of rotatable bonds is 3. The molecule has 22 heavy (non-hydrogen) atoms. The summed E-state index contributed by atoms with van der Waals surface area (Å²) in [7, 11) is 0. The molecule has 0 aromatic carbocycles. The van der Waals surface area contributed by atoms with Gasteiger partial charge in [0.25, 0.3) is 0 Å². The predicted molar refractivity (Wildman–Crippen MR) is 87.7 cm³/mol. The van der Waals surface area contributed by atoms with Crippen LogP contribution in [0.1, 0.15) is 56.6 Å². The zero-order chi connectivity index (χ0) is 15.4. The van der Waals surface area contributed by atoms with Gasteiger partial charge in [0.05, 0.1) is 0 Å². The summed E-state index contributed by atoms with van der Waals surface area (Å²) in [6, 6.07) is 0.518. The van der Waals surface area contributed by atoms with Crippen molar-refractivity contribution in [2.75, 3.05) is 6.54 Å². The first-order chi connectivity index (χ1) is 10.7. The van der Waals surface area contributed by atoms with Crippen LogP contribution in [0.2, 0.25) is 0 Å². The minimum Gasteiger partial charge on any atom is -0.370 e. The van der Waals surface area contributed by atoms with Crippen molar-refractivity contribution in [1.82, 2.24) is 20.1 Å². The van der Waals surface area contributed by atoms with E-state index in [1.165, 1.54) is 38.5 Å². The molecule has 0 spiro atoms. The fourth-order valence-electron chi connectivity index (χ4n) is 3.58. The average Bonchev–Trinajstić information content (AvgIpc) is 2.73. The lowest BCUT2D eigenvalue weighted by molar-refractivity contribution is 0.369. The number of guanidine groups is 1. The van der Waals surface area contributed by atoms with E-state index in [4.69, 9.17) is 5.73 Å². The number of hydrogen-bond acceptors (Lipinski definition) is 3. The van der Waals surface area contributed by atoms with Crippen LogP contribution in [-0.4, -0.2) is 33.3 Å². The Morgan fingerprint density at radius 1 is 1.23 bits per heavy atom. The van der Waals surface area contributed by atoms with Crippen molar-refractivity contribution in [3.8, 4) is 0 Å². The second-order valence-corrected chi connectivity index (χ2v) is 6.74. The number of aryl methyl sites for hydroxylation is 2. The highest BCUT2D eigenvalue weighted by Gasteiger charge is 2.21. The summed E-state index contributed by atoms with van der Waals surface area (Å²) in [5, 5.41) is 11.8. The molecule has 1 aromatic heterocycles. The van der Waals surface area contributed by atoms with E-state index in [-0.39, 0.29) is 0 Å². The molecular formula is C16H28N6. The van der Waals surface area contributed by atoms with E-state index in [9.17, 15) is 0 Å². The Hall–Kier alpha value is -1.59. The quantitative estimate of drug-likeness (QED) is 0.507. The van der Waals surface area contributed by atoms with Crippen LogP contribution in [0, 0.1) is 12.8 Å². The van der Waals surface area contributed by atoms with Crippen molar-refractivity contribution in [2.24, 2.45) is 16.6 Å². The summed E-state index contributed by atoms with van der Waals surface area (Å²) in [6.07, 6.45) is 9.91. The van der Waals surface area contributed by atoms with E-state index in [1.54, 1.807) is 0 Å². The SMILES string of the molecule is Cc1nnc2n1CC(CN=C(N)NC1CCCCCC1)CC2. The standard InChI is InChI=1S/C16H28N6/c1-12-20-21-15-9-8-13(11-22(12)15)10-18-16(17)19-14-6-4-2-3-5-7-14/h13-14H,2-11H2,1H3,(H3,17,18,19). The van der Waals surface area contributed by atoms with Crippen molar-refractivity contribution in [3.05, 3.63) is 11.6 Å². The highest BCUT2D eigenvalue weighted by atomic mass is 15.3. The van der Waals surface area contributed by atoms with Gasteiger partial charge >= 0.3 is 0 Å². The Morgan fingerprint density at radius 3 is 2.77 bits per heavy atom. The van der Waals surface area contributed by atoms with Crippen LogP contribution in [0.3, 0.4) is 0 Å². The van der Waals surface area contributed by atoms with Crippen molar-refractivity contribution in [2.45, 2.75) is 70.9 Å². The lowest BCUT2D eigenvalue weighted by atomic mass is 9.99. The molecule has 1 unspecified atom stereocenters. The van der Waals surface area contributed by atoms with Crippen LogP contribution in [0.15, 0.2) is 4.99 Å². The third-order valence-corrected chi connectivity index (χ3v) is 4.96. The summed E-state index contributed by atoms with van der Waals surface area (Å²) in [5.41, 5.74) is 6.08. The highest BCUT2D eigenvalue weighted by molar-refractivity contribution is 5.78. The molecule has 1 aliphatic carbocycles. The molecule has 0 radical (unpaired) electrons. The van der Waals surface area contributed by atoms with E-state index in [0.29, 0.717) is 17.9 Å². The largest absolute Gasteiger partial charge is 0.370 e. The van der Waals surface area contributed by atoms with Crippen LogP contribution in [-0.2, 0) is 13.0 Å². The van der Waals surface area contributed by atoms with E-state index in [1.807, 2.05) is 6.92 Å². The van der Waals surface area contributed by atoms with Gasteiger partial charge in [0.15, 0.2) is 5.96 Å². The summed E-state index contributed by atoms with van der Waals surface area (Å²) in [4.78, 5) is 4.59. The minimum absolute atomic E-state index is 0.518. The maximum absolute atomic E-state index is 6.08. The van der Waals surface area contributed by atoms with Gasteiger partial charge in [-0.2, -0.15) is 0 Å². The predicted octanol–water partition coefficient (Wildman–Crippen LogP) is 1.78. The maximum Gasteiger partial charge on any atom is 0.188 e. The summed E-state index contributed by atoms with van der Waals surface area (Å²) in [5.74, 6) is 3.28. The summed E-state index contributed by atoms with van der Waals surface area (Å²) < 4.78 is 2.22. The van der Waals surface area contributed by atoms with Crippen molar-refractivity contribution in [3.63, 3.8) is 0 Å². The normalized spacial score (nSPS) is 23.9. The third-order valence-electron chi connectivity index (χ3n) is 4.96. The van der Waals surface area contributed by atoms with Gasteiger partial charge in [0.1, 0.15) is 11.6 Å². The Balaban J connectivity index is 1.50. The van der Waals surface area contributed by atoms with Gasteiger partial charge in [-0.25, -0.2) is 0 Å². The van der Waals surface area contributed by atoms with Gasteiger partial charge in [-0.3, -0.25) is 4.99 Å². The van der Waals surface area contributed by atoms with Crippen LogP contribution in [0.25, 0.3) is 0 Å². The molecule has 6 nitrogen and oxygen atoms in total. The molecule has 1 fully saturated rings. The van der Waals surface area contributed by atoms with E-state index in [0.717, 1.165) is 37.6 Å². The van der Waals surface area contributed by atoms with Crippen molar-refractivity contribution >= 4 is 5.96 Å². The number of aromatic nitrogens is 3. The minimum atomic E-state index is 0.518. The number of nitrogens with one attached hydrogen (secondary N) is 1. The zero-order valence-electron chi connectivity index (χ0n) is 13.6. The van der Waals surface area contributed by atoms with Gasteiger partial charge in [0, 0.05) is 25.6 Å². The topological polar surface area (TPSA) is 81.1 Å². The summed E-state index contributed by atoms with van der Waals surface area (Å²) >= 11 is 0. The molecule has 1 aliphatic heterocycles. The first-order valence-corrected chi connectivity index (χ1v) is 8.67. The number of aliphatic imine (C=N–C) groups is 1. The molecule has 122 valence electrons. The average molecular weight is 304 g/mol. The Bertz CT molecular complexity index is 513. The fourth-order valence-corrected chi connectivity index (χ4v) is 3.58. The number of nitrogens with zero attached hydrogens (tertiary/aromatic N) is 4. The first kappa shape index (κ1) is 15.3. The first-order valence-electron chi connectivity index (χ1n) is 8.67. The molecule has 1 atom stereocenters. The second kappa shape index (κ2) is 7.11. The van der Waals surface area contributed by atoms with Gasteiger partial charge in [-0.15, -0.1) is 10.2 Å². The second-order valence-electron chi connectivity index (χ2n) is 6.74. The lowest BCUT2D eigenvalue weighted by Gasteiger charge is -2.23. The Kier molecular flexibility index (Phi) is 4.95. The van der Waals surface area contributed by atoms with Crippen LogP contribution < -0.4 is 11.1 Å². The number of fused-ring (bicyclic) bond motifs is 1. The van der Waals surface area contributed by atoms with Crippen molar-refractivity contribution < 1.29 is 0 Å². The fraction of sp³-hybridized carbons (Fsp3) is 0.812. The lowest BCUT2D eigenvalue weighted by Crippen LogP contribution is -2.40. The molecular weight excluding hydrogens is 276 g/mol. The molecule has 2 heterocycles.